The first kappa shape index (κ1) is 17.7. The number of nitrogens with one attached hydrogen (secondary N) is 1. The van der Waals surface area contributed by atoms with Gasteiger partial charge in [0.25, 0.3) is 0 Å². The predicted octanol–water partition coefficient (Wildman–Crippen LogP) is 2.37. The molecule has 2 aliphatic heterocycles. The van der Waals surface area contributed by atoms with Crippen LogP contribution < -0.4 is 10.1 Å². The lowest BCUT2D eigenvalue weighted by atomic mass is 10.0. The van der Waals surface area contributed by atoms with Crippen molar-refractivity contribution in [3.8, 4) is 5.75 Å². The van der Waals surface area contributed by atoms with Gasteiger partial charge in [0.2, 0.25) is 11.8 Å². The highest BCUT2D eigenvalue weighted by Crippen LogP contribution is 2.28. The van der Waals surface area contributed by atoms with E-state index in [0.29, 0.717) is 32.6 Å². The zero-order chi connectivity index (χ0) is 17.6. The Morgan fingerprint density at radius 1 is 1.36 bits per heavy atom. The summed E-state index contributed by atoms with van der Waals surface area (Å²) in [4.78, 5) is 27.0. The average molecular weight is 346 g/mol. The minimum Gasteiger partial charge on any atom is -0.493 e. The Morgan fingerprint density at radius 2 is 2.24 bits per heavy atom. The molecule has 1 aromatic carbocycles. The number of hydrogen-bond acceptors (Lipinski definition) is 4. The Bertz CT molecular complexity index is 632. The molecule has 0 aromatic heterocycles. The van der Waals surface area contributed by atoms with Gasteiger partial charge in [0.1, 0.15) is 11.8 Å². The molecule has 25 heavy (non-hydrogen) atoms. The summed E-state index contributed by atoms with van der Waals surface area (Å²) in [6, 6.07) is 5.34. The summed E-state index contributed by atoms with van der Waals surface area (Å²) in [6.45, 7) is 1.91. The predicted molar refractivity (Wildman–Crippen MR) is 94.7 cm³/mol. The Labute approximate surface area is 148 Å². The van der Waals surface area contributed by atoms with E-state index in [2.05, 4.69) is 5.32 Å². The first-order valence-corrected chi connectivity index (χ1v) is 9.04. The molecule has 2 heterocycles. The zero-order valence-electron chi connectivity index (χ0n) is 14.8. The number of rotatable bonds is 6. The number of anilines is 1. The fraction of sp³-hybridized carbons (Fsp3) is 0.579. The van der Waals surface area contributed by atoms with E-state index < -0.39 is 0 Å². The van der Waals surface area contributed by atoms with Crippen molar-refractivity contribution in [2.24, 2.45) is 0 Å². The van der Waals surface area contributed by atoms with Crippen molar-refractivity contribution in [1.82, 2.24) is 4.90 Å². The Morgan fingerprint density at radius 3 is 3.08 bits per heavy atom. The summed E-state index contributed by atoms with van der Waals surface area (Å²) in [5, 5.41) is 2.98. The van der Waals surface area contributed by atoms with E-state index >= 15 is 0 Å². The summed E-state index contributed by atoms with van der Waals surface area (Å²) < 4.78 is 10.5. The molecule has 1 aromatic rings. The third-order valence-electron chi connectivity index (χ3n) is 4.82. The lowest BCUT2D eigenvalue weighted by Crippen LogP contribution is -2.50. The second-order valence-electron chi connectivity index (χ2n) is 6.61. The molecule has 6 nitrogen and oxygen atoms in total. The second kappa shape index (κ2) is 8.34. The van der Waals surface area contributed by atoms with E-state index in [1.54, 1.807) is 12.0 Å². The Kier molecular flexibility index (Phi) is 5.91. The molecule has 1 saturated heterocycles. The number of methoxy groups -OCH3 is 1. The molecular weight excluding hydrogens is 320 g/mol. The number of likely N-dealkylation sites (tertiary alicyclic amines) is 1. The number of hydrogen-bond donors (Lipinski definition) is 1. The minimum atomic E-state index is -0.381. The van der Waals surface area contributed by atoms with Crippen molar-refractivity contribution >= 4 is 17.5 Å². The van der Waals surface area contributed by atoms with Crippen LogP contribution >= 0.6 is 0 Å². The minimum absolute atomic E-state index is 0.0410. The topological polar surface area (TPSA) is 67.9 Å². The van der Waals surface area contributed by atoms with Crippen molar-refractivity contribution in [3.63, 3.8) is 0 Å². The fourth-order valence-corrected chi connectivity index (χ4v) is 3.50. The van der Waals surface area contributed by atoms with Crippen LogP contribution in [0.25, 0.3) is 0 Å². The van der Waals surface area contributed by atoms with Crippen molar-refractivity contribution < 1.29 is 19.1 Å². The monoisotopic (exact) mass is 346 g/mol. The van der Waals surface area contributed by atoms with Crippen LogP contribution in [0.5, 0.6) is 5.75 Å². The van der Waals surface area contributed by atoms with Gasteiger partial charge in [-0.05, 0) is 49.4 Å². The molecule has 1 fully saturated rings. The van der Waals surface area contributed by atoms with Crippen molar-refractivity contribution in [1.29, 1.82) is 0 Å². The normalized spacial score (nSPS) is 19.2. The Balaban J connectivity index is 1.63. The van der Waals surface area contributed by atoms with E-state index in [-0.39, 0.29) is 17.9 Å². The van der Waals surface area contributed by atoms with E-state index in [1.807, 2.05) is 18.2 Å². The van der Waals surface area contributed by atoms with E-state index in [1.165, 1.54) is 0 Å². The number of carbonyl (C=O) groups excluding carboxylic acids is 2. The van der Waals surface area contributed by atoms with Crippen molar-refractivity contribution in [2.75, 3.05) is 32.2 Å². The molecular formula is C19H26N2O4. The van der Waals surface area contributed by atoms with Gasteiger partial charge >= 0.3 is 0 Å². The van der Waals surface area contributed by atoms with Gasteiger partial charge in [-0.25, -0.2) is 0 Å². The van der Waals surface area contributed by atoms with Gasteiger partial charge in [-0.1, -0.05) is 0 Å². The van der Waals surface area contributed by atoms with E-state index in [4.69, 9.17) is 9.47 Å². The number of amides is 2. The highest BCUT2D eigenvalue weighted by atomic mass is 16.5. The maximum absolute atomic E-state index is 12.8. The highest BCUT2D eigenvalue weighted by Gasteiger charge is 2.31. The molecule has 6 heteroatoms. The van der Waals surface area contributed by atoms with Gasteiger partial charge in [0.15, 0.2) is 0 Å². The summed E-state index contributed by atoms with van der Waals surface area (Å²) in [5.41, 5.74) is 1.89. The third kappa shape index (κ3) is 4.31. The number of piperidine rings is 1. The van der Waals surface area contributed by atoms with Crippen LogP contribution in [0.4, 0.5) is 5.69 Å². The van der Waals surface area contributed by atoms with Crippen LogP contribution in [-0.4, -0.2) is 49.6 Å². The van der Waals surface area contributed by atoms with Crippen molar-refractivity contribution in [2.45, 2.75) is 44.6 Å². The first-order valence-electron chi connectivity index (χ1n) is 9.04. The lowest BCUT2D eigenvalue weighted by Gasteiger charge is -2.34. The van der Waals surface area contributed by atoms with Crippen LogP contribution in [0, 0.1) is 0 Å². The standard InChI is InChI=1S/C19H26N2O4/c1-24-11-4-6-18(22)21-10-3-2-5-16(21)19(23)20-15-7-8-17-14(13-15)9-12-25-17/h7-8,13,16H,2-6,9-12H2,1H3,(H,20,23)/t16-/m1/s1. The fourth-order valence-electron chi connectivity index (χ4n) is 3.50. The summed E-state index contributed by atoms with van der Waals surface area (Å²) >= 11 is 0. The summed E-state index contributed by atoms with van der Waals surface area (Å²) in [5.74, 6) is 0.837. The third-order valence-corrected chi connectivity index (χ3v) is 4.82. The molecule has 1 N–H and O–H groups in total. The molecule has 1 atom stereocenters. The molecule has 0 radical (unpaired) electrons. The molecule has 136 valence electrons. The quantitative estimate of drug-likeness (QED) is 0.803. The summed E-state index contributed by atoms with van der Waals surface area (Å²) in [7, 11) is 1.63. The number of benzene rings is 1. The second-order valence-corrected chi connectivity index (χ2v) is 6.61. The number of ether oxygens (including phenoxy) is 2. The van der Waals surface area contributed by atoms with Gasteiger partial charge in [-0.15, -0.1) is 0 Å². The molecule has 0 aliphatic carbocycles. The number of nitrogens with zero attached hydrogens (tertiary/aromatic N) is 1. The molecule has 0 spiro atoms. The van der Waals surface area contributed by atoms with Crippen molar-refractivity contribution in [3.05, 3.63) is 23.8 Å². The number of carbonyl (C=O) groups is 2. The number of fused-ring (bicyclic) bond motifs is 1. The average Bonchev–Trinajstić information content (AvgIpc) is 3.09. The smallest absolute Gasteiger partial charge is 0.247 e. The maximum atomic E-state index is 12.8. The molecule has 2 aliphatic rings. The lowest BCUT2D eigenvalue weighted by molar-refractivity contribution is -0.140. The zero-order valence-corrected chi connectivity index (χ0v) is 14.8. The molecule has 2 amide bonds. The molecule has 3 rings (SSSR count). The van der Waals surface area contributed by atoms with Crippen LogP contribution in [0.15, 0.2) is 18.2 Å². The molecule has 0 saturated carbocycles. The Hall–Kier alpha value is -2.08. The van der Waals surface area contributed by atoms with E-state index in [0.717, 1.165) is 42.7 Å². The summed E-state index contributed by atoms with van der Waals surface area (Å²) in [6.07, 6.45) is 4.62. The van der Waals surface area contributed by atoms with Gasteiger partial charge < -0.3 is 19.7 Å². The van der Waals surface area contributed by atoms with Crippen LogP contribution in [0.1, 0.15) is 37.7 Å². The van der Waals surface area contributed by atoms with Crippen LogP contribution in [-0.2, 0) is 20.7 Å². The SMILES string of the molecule is COCCCC(=O)N1CCCC[C@@H]1C(=O)Nc1ccc2c(c1)CCO2. The van der Waals surface area contributed by atoms with Gasteiger partial charge in [-0.2, -0.15) is 0 Å². The first-order chi connectivity index (χ1) is 12.2. The van der Waals surface area contributed by atoms with Gasteiger partial charge in [-0.3, -0.25) is 9.59 Å². The van der Waals surface area contributed by atoms with Gasteiger partial charge in [0, 0.05) is 38.8 Å². The largest absolute Gasteiger partial charge is 0.493 e. The van der Waals surface area contributed by atoms with Crippen LogP contribution in [0.3, 0.4) is 0 Å². The maximum Gasteiger partial charge on any atom is 0.247 e. The molecule has 0 bridgehead atoms. The molecule has 0 unspecified atom stereocenters. The van der Waals surface area contributed by atoms with E-state index in [9.17, 15) is 9.59 Å². The highest BCUT2D eigenvalue weighted by molar-refractivity contribution is 5.97. The van der Waals surface area contributed by atoms with Crippen LogP contribution in [0.2, 0.25) is 0 Å². The van der Waals surface area contributed by atoms with Gasteiger partial charge in [0.05, 0.1) is 6.61 Å².